The van der Waals surface area contributed by atoms with Crippen LogP contribution in [0.1, 0.15) is 42.5 Å². The van der Waals surface area contributed by atoms with E-state index in [1.807, 2.05) is 6.92 Å². The first-order valence-corrected chi connectivity index (χ1v) is 7.22. The molecule has 1 N–H and O–H groups in total. The highest BCUT2D eigenvalue weighted by molar-refractivity contribution is 7.71. The lowest BCUT2D eigenvalue weighted by Gasteiger charge is -2.11. The zero-order chi connectivity index (χ0) is 17.9. The number of carbonyl (C=O) groups excluding carboxylic acids is 3. The van der Waals surface area contributed by atoms with E-state index < -0.39 is 17.7 Å². The fraction of sp³-hybridized carbons (Fsp3) is 0.188. The molecule has 0 amide bonds. The van der Waals surface area contributed by atoms with E-state index in [4.69, 9.17) is 12.2 Å². The van der Waals surface area contributed by atoms with Gasteiger partial charge in [0, 0.05) is 5.56 Å². The van der Waals surface area contributed by atoms with Crippen molar-refractivity contribution >= 4 is 29.9 Å². The number of carbonyl (C=O) groups is 3. The Bertz CT molecular complexity index is 831. The molecule has 2 aromatic rings. The Kier molecular flexibility index (Phi) is 5.20. The molecule has 0 spiro atoms. The third-order valence-electron chi connectivity index (χ3n) is 3.24. The summed E-state index contributed by atoms with van der Waals surface area (Å²) < 4.78 is 9.15. The van der Waals surface area contributed by atoms with Crippen molar-refractivity contribution in [3.8, 4) is 0 Å². The highest BCUT2D eigenvalue weighted by Gasteiger charge is 2.28. The van der Waals surface area contributed by atoms with Gasteiger partial charge in [0.05, 0.1) is 19.8 Å². The van der Waals surface area contributed by atoms with E-state index in [1.54, 1.807) is 24.3 Å². The van der Waals surface area contributed by atoms with Gasteiger partial charge in [0.15, 0.2) is 16.2 Å². The molecule has 7 nitrogen and oxygen atoms in total. The Balaban J connectivity index is 2.75. The van der Waals surface area contributed by atoms with Crippen molar-refractivity contribution in [2.45, 2.75) is 6.92 Å². The number of rotatable bonds is 4. The van der Waals surface area contributed by atoms with Crippen LogP contribution >= 0.6 is 12.2 Å². The van der Waals surface area contributed by atoms with E-state index in [0.29, 0.717) is 0 Å². The Morgan fingerprint density at radius 1 is 1.04 bits per heavy atom. The third kappa shape index (κ3) is 3.38. The lowest BCUT2D eigenvalue weighted by Crippen LogP contribution is -2.21. The van der Waals surface area contributed by atoms with Crippen LogP contribution < -0.4 is 0 Å². The molecule has 1 aromatic heterocycles. The second-order valence-corrected chi connectivity index (χ2v) is 5.21. The lowest BCUT2D eigenvalue weighted by molar-refractivity contribution is 0.0582. The topological polar surface area (TPSA) is 98.3 Å². The maximum Gasteiger partial charge on any atom is 0.357 e. The third-order valence-corrected chi connectivity index (χ3v) is 3.43. The van der Waals surface area contributed by atoms with Crippen LogP contribution in [0.5, 0.6) is 0 Å². The Morgan fingerprint density at radius 3 is 2.17 bits per heavy atom. The molecule has 0 atom stereocenters. The van der Waals surface area contributed by atoms with Crippen LogP contribution in [0.25, 0.3) is 0 Å². The normalized spacial score (nSPS) is 10.1. The average Bonchev–Trinajstić information content (AvgIpc) is 2.59. The molecule has 24 heavy (non-hydrogen) atoms. The van der Waals surface area contributed by atoms with E-state index in [0.717, 1.165) is 19.8 Å². The Labute approximate surface area is 142 Å². The van der Waals surface area contributed by atoms with Gasteiger partial charge in [-0.1, -0.05) is 29.8 Å². The number of ketones is 1. The summed E-state index contributed by atoms with van der Waals surface area (Å²) in [6.45, 7) is 1.87. The molecule has 0 saturated heterocycles. The number of aromatic nitrogens is 2. The minimum atomic E-state index is -0.879. The molecule has 2 rings (SSSR count). The van der Waals surface area contributed by atoms with Gasteiger partial charge in [-0.2, -0.15) is 0 Å². The smallest absolute Gasteiger partial charge is 0.357 e. The summed E-state index contributed by atoms with van der Waals surface area (Å²) in [6, 6.07) is 6.64. The van der Waals surface area contributed by atoms with Crippen molar-refractivity contribution in [3.05, 3.63) is 57.1 Å². The van der Waals surface area contributed by atoms with Crippen LogP contribution in [-0.4, -0.2) is 41.9 Å². The maximum absolute atomic E-state index is 12.8. The number of hydrogen-bond donors (Lipinski definition) is 1. The number of H-pyrrole nitrogens is 1. The van der Waals surface area contributed by atoms with Gasteiger partial charge in [0.1, 0.15) is 5.69 Å². The summed E-state index contributed by atoms with van der Waals surface area (Å²) >= 11 is 4.91. The molecule has 0 bridgehead atoms. The summed E-state index contributed by atoms with van der Waals surface area (Å²) in [5.74, 6) is -2.30. The predicted octanol–water partition coefficient (Wildman–Crippen LogP) is 2.25. The van der Waals surface area contributed by atoms with Gasteiger partial charge < -0.3 is 14.5 Å². The molecule has 1 aromatic carbocycles. The second-order valence-electron chi connectivity index (χ2n) is 4.82. The highest BCUT2D eigenvalue weighted by Crippen LogP contribution is 2.19. The molecular weight excluding hydrogens is 332 g/mol. The first kappa shape index (κ1) is 17.5. The van der Waals surface area contributed by atoms with Gasteiger partial charge in [-0.15, -0.1) is 0 Å². The monoisotopic (exact) mass is 346 g/mol. The second kappa shape index (κ2) is 7.14. The van der Waals surface area contributed by atoms with Crippen LogP contribution in [0.2, 0.25) is 0 Å². The van der Waals surface area contributed by atoms with Crippen molar-refractivity contribution in [1.82, 2.24) is 9.97 Å². The lowest BCUT2D eigenvalue weighted by atomic mass is 9.99. The summed E-state index contributed by atoms with van der Waals surface area (Å²) in [5, 5.41) is 0. The van der Waals surface area contributed by atoms with Gasteiger partial charge in [0.25, 0.3) is 0 Å². The molecular formula is C16H14N2O5S. The van der Waals surface area contributed by atoms with Crippen molar-refractivity contribution in [3.63, 3.8) is 0 Å². The minimum absolute atomic E-state index is 0.142. The first-order valence-electron chi connectivity index (χ1n) is 6.81. The zero-order valence-corrected chi connectivity index (χ0v) is 14.0. The number of ether oxygens (including phenoxy) is 2. The van der Waals surface area contributed by atoms with E-state index in [-0.39, 0.29) is 27.3 Å². The number of benzene rings is 1. The van der Waals surface area contributed by atoms with E-state index >= 15 is 0 Å². The molecule has 0 aliphatic heterocycles. The first-order chi connectivity index (χ1) is 11.4. The Hall–Kier alpha value is -2.87. The van der Waals surface area contributed by atoms with Gasteiger partial charge >= 0.3 is 11.9 Å². The standard InChI is InChI=1S/C16H14N2O5S/c1-8-4-6-9(7-5-8)13(19)10-11(14(20)22-2)17-16(24)18-12(10)15(21)23-3/h4-7H,1-3H3,(H,17,18,24). The number of esters is 2. The molecule has 0 saturated carbocycles. The number of aryl methyl sites for hydroxylation is 1. The maximum atomic E-state index is 12.8. The SMILES string of the molecule is COC(=O)c1nc(=S)[nH]c(C(=O)OC)c1C(=O)c1ccc(C)cc1. The minimum Gasteiger partial charge on any atom is -0.464 e. The fourth-order valence-corrected chi connectivity index (χ4v) is 2.24. The molecule has 0 radical (unpaired) electrons. The molecule has 0 fully saturated rings. The predicted molar refractivity (Wildman–Crippen MR) is 86.7 cm³/mol. The quantitative estimate of drug-likeness (QED) is 0.515. The average molecular weight is 346 g/mol. The molecule has 1 heterocycles. The van der Waals surface area contributed by atoms with E-state index in [1.165, 1.54) is 0 Å². The molecule has 0 aliphatic rings. The highest BCUT2D eigenvalue weighted by atomic mass is 32.1. The van der Waals surface area contributed by atoms with Crippen molar-refractivity contribution in [2.24, 2.45) is 0 Å². The summed E-state index contributed by atoms with van der Waals surface area (Å²) in [5.41, 5.74) is 0.406. The summed E-state index contributed by atoms with van der Waals surface area (Å²) in [7, 11) is 2.29. The Morgan fingerprint density at radius 2 is 1.62 bits per heavy atom. The number of aromatic amines is 1. The van der Waals surface area contributed by atoms with Crippen molar-refractivity contribution < 1.29 is 23.9 Å². The van der Waals surface area contributed by atoms with E-state index in [2.05, 4.69) is 19.4 Å². The molecule has 0 aliphatic carbocycles. The van der Waals surface area contributed by atoms with Crippen LogP contribution in [0.4, 0.5) is 0 Å². The summed E-state index contributed by atoms with van der Waals surface area (Å²) in [6.07, 6.45) is 0. The van der Waals surface area contributed by atoms with Gasteiger partial charge in [0.2, 0.25) is 0 Å². The van der Waals surface area contributed by atoms with Crippen molar-refractivity contribution in [2.75, 3.05) is 14.2 Å². The number of hydrogen-bond acceptors (Lipinski definition) is 7. The number of nitrogens with one attached hydrogen (secondary N) is 1. The fourth-order valence-electron chi connectivity index (χ4n) is 2.04. The van der Waals surface area contributed by atoms with Gasteiger partial charge in [-0.05, 0) is 19.1 Å². The molecule has 0 unspecified atom stereocenters. The summed E-state index contributed by atoms with van der Waals surface area (Å²) in [4.78, 5) is 43.2. The molecule has 124 valence electrons. The number of nitrogens with zero attached hydrogens (tertiary/aromatic N) is 1. The van der Waals surface area contributed by atoms with Crippen molar-refractivity contribution in [1.29, 1.82) is 0 Å². The van der Waals surface area contributed by atoms with Crippen LogP contribution in [0.15, 0.2) is 24.3 Å². The largest absolute Gasteiger partial charge is 0.464 e. The van der Waals surface area contributed by atoms with E-state index in [9.17, 15) is 14.4 Å². The van der Waals surface area contributed by atoms with Crippen LogP contribution in [0.3, 0.4) is 0 Å². The van der Waals surface area contributed by atoms with Crippen LogP contribution in [0, 0.1) is 11.7 Å². The van der Waals surface area contributed by atoms with Gasteiger partial charge in [-0.3, -0.25) is 4.79 Å². The van der Waals surface area contributed by atoms with Crippen LogP contribution in [-0.2, 0) is 9.47 Å². The molecule has 8 heteroatoms. The van der Waals surface area contributed by atoms with Gasteiger partial charge in [-0.25, -0.2) is 14.6 Å². The zero-order valence-electron chi connectivity index (χ0n) is 13.2. The number of methoxy groups -OCH3 is 2.